The molecule has 0 unspecified atom stereocenters. The number of carbonyl (C=O) groups is 1. The summed E-state index contributed by atoms with van der Waals surface area (Å²) >= 11 is 5.89. The van der Waals surface area contributed by atoms with E-state index in [1.54, 1.807) is 24.3 Å². The van der Waals surface area contributed by atoms with E-state index in [0.29, 0.717) is 18.2 Å². The molecule has 1 heterocycles. The highest BCUT2D eigenvalue weighted by Gasteiger charge is 2.27. The summed E-state index contributed by atoms with van der Waals surface area (Å²) < 4.78 is 45.9. The topological polar surface area (TPSA) is 75.7 Å². The van der Waals surface area contributed by atoms with E-state index in [1.165, 1.54) is 4.31 Å². The maximum absolute atomic E-state index is 14.1. The van der Waals surface area contributed by atoms with Crippen LogP contribution < -0.4 is 5.32 Å². The van der Waals surface area contributed by atoms with E-state index in [-0.39, 0.29) is 30.1 Å². The van der Waals surface area contributed by atoms with Crippen molar-refractivity contribution < 1.29 is 22.3 Å². The number of morpholine rings is 1. The minimum Gasteiger partial charge on any atom is -0.379 e. The van der Waals surface area contributed by atoms with Gasteiger partial charge in [-0.1, -0.05) is 23.7 Å². The Bertz CT molecular complexity index is 946. The van der Waals surface area contributed by atoms with Gasteiger partial charge in [-0.3, -0.25) is 4.79 Å². The average Bonchev–Trinajstić information content (AvgIpc) is 2.67. The number of amides is 1. The number of hydrogen-bond acceptors (Lipinski definition) is 4. The second kappa shape index (κ2) is 8.35. The lowest BCUT2D eigenvalue weighted by atomic mass is 10.2. The largest absolute Gasteiger partial charge is 0.379 e. The van der Waals surface area contributed by atoms with Crippen molar-refractivity contribution in [3.8, 4) is 0 Å². The van der Waals surface area contributed by atoms with Crippen LogP contribution >= 0.6 is 11.6 Å². The van der Waals surface area contributed by atoms with Crippen molar-refractivity contribution >= 4 is 27.5 Å². The smallest absolute Gasteiger partial charge is 0.254 e. The Hall–Kier alpha value is -2.00. The third-order valence-corrected chi connectivity index (χ3v) is 6.26. The Morgan fingerprint density at radius 1 is 1.19 bits per heavy atom. The van der Waals surface area contributed by atoms with Gasteiger partial charge >= 0.3 is 0 Å². The Kier molecular flexibility index (Phi) is 6.11. The van der Waals surface area contributed by atoms with E-state index in [2.05, 4.69) is 5.32 Å². The molecule has 27 heavy (non-hydrogen) atoms. The molecule has 2 aromatic rings. The summed E-state index contributed by atoms with van der Waals surface area (Å²) in [5.41, 5.74) is 0.416. The van der Waals surface area contributed by atoms with E-state index >= 15 is 0 Å². The summed E-state index contributed by atoms with van der Waals surface area (Å²) in [6.45, 7) is 1.17. The summed E-state index contributed by atoms with van der Waals surface area (Å²) in [6, 6.07) is 10.1. The van der Waals surface area contributed by atoms with Gasteiger partial charge in [0.1, 0.15) is 5.82 Å². The van der Waals surface area contributed by atoms with Gasteiger partial charge in [0.2, 0.25) is 10.0 Å². The molecule has 9 heteroatoms. The molecule has 0 aliphatic carbocycles. The first-order valence-corrected chi connectivity index (χ1v) is 10.1. The highest BCUT2D eigenvalue weighted by atomic mass is 35.5. The summed E-state index contributed by atoms with van der Waals surface area (Å²) in [5, 5.41) is 3.10. The molecule has 3 rings (SSSR count). The lowest BCUT2D eigenvalue weighted by molar-refractivity contribution is 0.0730. The van der Waals surface area contributed by atoms with Crippen LogP contribution in [0.15, 0.2) is 47.4 Å². The van der Waals surface area contributed by atoms with Crippen LogP contribution in [0.25, 0.3) is 0 Å². The maximum Gasteiger partial charge on any atom is 0.254 e. The van der Waals surface area contributed by atoms with Crippen LogP contribution in [0, 0.1) is 5.82 Å². The van der Waals surface area contributed by atoms with Crippen LogP contribution in [0.1, 0.15) is 15.9 Å². The second-order valence-corrected chi connectivity index (χ2v) is 8.35. The first kappa shape index (κ1) is 19.8. The Morgan fingerprint density at radius 3 is 2.63 bits per heavy atom. The molecule has 1 saturated heterocycles. The summed E-state index contributed by atoms with van der Waals surface area (Å²) in [4.78, 5) is 12.2. The fraction of sp³-hybridized carbons (Fsp3) is 0.278. The molecule has 2 aromatic carbocycles. The molecular formula is C18H18ClFN2O4S. The zero-order valence-corrected chi connectivity index (χ0v) is 15.9. The van der Waals surface area contributed by atoms with Crippen LogP contribution in [0.5, 0.6) is 0 Å². The number of nitrogens with one attached hydrogen (secondary N) is 1. The number of rotatable bonds is 5. The predicted octanol–water partition coefficient (Wildman–Crippen LogP) is 2.43. The Morgan fingerprint density at radius 2 is 1.93 bits per heavy atom. The standard InChI is InChI=1S/C18H18ClFN2O4S/c19-14-3-1-2-13(10-14)12-21-18(23)16-11-15(4-5-17(16)20)27(24,25)22-6-8-26-9-7-22/h1-5,10-11H,6-9,12H2,(H,21,23). The van der Waals surface area contributed by atoms with Crippen molar-refractivity contribution in [2.24, 2.45) is 0 Å². The fourth-order valence-corrected chi connectivity index (χ4v) is 4.35. The second-order valence-electron chi connectivity index (χ2n) is 5.97. The van der Waals surface area contributed by atoms with E-state index < -0.39 is 21.7 Å². The van der Waals surface area contributed by atoms with Crippen molar-refractivity contribution in [2.45, 2.75) is 11.4 Å². The van der Waals surface area contributed by atoms with Gasteiger partial charge in [0.15, 0.2) is 0 Å². The zero-order chi connectivity index (χ0) is 19.4. The number of halogens is 2. The highest BCUT2D eigenvalue weighted by molar-refractivity contribution is 7.89. The van der Waals surface area contributed by atoms with Crippen molar-refractivity contribution in [2.75, 3.05) is 26.3 Å². The number of hydrogen-bond donors (Lipinski definition) is 1. The van der Waals surface area contributed by atoms with Gasteiger partial charge in [-0.15, -0.1) is 0 Å². The van der Waals surface area contributed by atoms with Gasteiger partial charge < -0.3 is 10.1 Å². The normalized spacial score (nSPS) is 15.5. The molecule has 0 bridgehead atoms. The monoisotopic (exact) mass is 412 g/mol. The van der Waals surface area contributed by atoms with Crippen molar-refractivity contribution in [3.63, 3.8) is 0 Å². The molecule has 1 aliphatic heterocycles. The van der Waals surface area contributed by atoms with Crippen LogP contribution in [0.2, 0.25) is 5.02 Å². The van der Waals surface area contributed by atoms with E-state index in [4.69, 9.17) is 16.3 Å². The van der Waals surface area contributed by atoms with Gasteiger partial charge in [-0.25, -0.2) is 12.8 Å². The lowest BCUT2D eigenvalue weighted by Gasteiger charge is -2.26. The van der Waals surface area contributed by atoms with Crippen LogP contribution in [0.4, 0.5) is 4.39 Å². The first-order chi connectivity index (χ1) is 12.9. The van der Waals surface area contributed by atoms with Crippen molar-refractivity contribution in [1.29, 1.82) is 0 Å². The first-order valence-electron chi connectivity index (χ1n) is 8.28. The van der Waals surface area contributed by atoms with Gasteiger partial charge in [-0.2, -0.15) is 4.31 Å². The van der Waals surface area contributed by atoms with Gasteiger partial charge in [-0.05, 0) is 35.9 Å². The summed E-state index contributed by atoms with van der Waals surface area (Å²) in [5.74, 6) is -1.49. The lowest BCUT2D eigenvalue weighted by Crippen LogP contribution is -2.40. The quantitative estimate of drug-likeness (QED) is 0.818. The van der Waals surface area contributed by atoms with Crippen LogP contribution in [-0.2, 0) is 21.3 Å². The van der Waals surface area contributed by atoms with Gasteiger partial charge in [0.25, 0.3) is 5.91 Å². The molecule has 0 saturated carbocycles. The van der Waals surface area contributed by atoms with Crippen molar-refractivity contribution in [1.82, 2.24) is 9.62 Å². The van der Waals surface area contributed by atoms with Crippen molar-refractivity contribution in [3.05, 3.63) is 64.4 Å². The Balaban J connectivity index is 1.79. The molecule has 1 fully saturated rings. The van der Waals surface area contributed by atoms with E-state index in [1.807, 2.05) is 0 Å². The third kappa shape index (κ3) is 4.65. The number of carbonyl (C=O) groups excluding carboxylic acids is 1. The molecule has 1 N–H and O–H groups in total. The molecule has 1 aliphatic rings. The van der Waals surface area contributed by atoms with Gasteiger partial charge in [0, 0.05) is 24.7 Å². The van der Waals surface area contributed by atoms with Crippen LogP contribution in [0.3, 0.4) is 0 Å². The number of benzene rings is 2. The molecule has 1 amide bonds. The molecule has 0 atom stereocenters. The molecule has 144 valence electrons. The van der Waals surface area contributed by atoms with Crippen LogP contribution in [-0.4, -0.2) is 44.9 Å². The van der Waals surface area contributed by atoms with E-state index in [0.717, 1.165) is 23.8 Å². The minimum absolute atomic E-state index is 0.126. The fourth-order valence-electron chi connectivity index (χ4n) is 2.70. The molecular weight excluding hydrogens is 395 g/mol. The predicted molar refractivity (Wildman–Crippen MR) is 98.6 cm³/mol. The third-order valence-electron chi connectivity index (χ3n) is 4.13. The molecule has 6 nitrogen and oxygen atoms in total. The summed E-state index contributed by atoms with van der Waals surface area (Å²) in [6.07, 6.45) is 0. The summed E-state index contributed by atoms with van der Waals surface area (Å²) in [7, 11) is -3.82. The SMILES string of the molecule is O=C(NCc1cccc(Cl)c1)c1cc(S(=O)(=O)N2CCOCC2)ccc1F. The molecule has 0 spiro atoms. The molecule has 0 aromatic heterocycles. The number of ether oxygens (including phenoxy) is 1. The minimum atomic E-state index is -3.82. The average molecular weight is 413 g/mol. The zero-order valence-electron chi connectivity index (χ0n) is 14.3. The molecule has 0 radical (unpaired) electrons. The maximum atomic E-state index is 14.1. The van der Waals surface area contributed by atoms with E-state index in [9.17, 15) is 17.6 Å². The van der Waals surface area contributed by atoms with Gasteiger partial charge in [0.05, 0.1) is 23.7 Å². The highest BCUT2D eigenvalue weighted by Crippen LogP contribution is 2.20. The number of nitrogens with zero attached hydrogens (tertiary/aromatic N) is 1. The Labute approximate surface area is 161 Å². The number of sulfonamides is 1.